The van der Waals surface area contributed by atoms with Crippen LogP contribution in [0.3, 0.4) is 0 Å². The summed E-state index contributed by atoms with van der Waals surface area (Å²) in [5.41, 5.74) is 4.20. The van der Waals surface area contributed by atoms with Crippen molar-refractivity contribution in [3.05, 3.63) is 46.0 Å². The highest BCUT2D eigenvalue weighted by molar-refractivity contribution is 5.96. The molecule has 1 unspecified atom stereocenters. The summed E-state index contributed by atoms with van der Waals surface area (Å²) < 4.78 is 0. The molecule has 134 valence electrons. The van der Waals surface area contributed by atoms with Crippen molar-refractivity contribution in [1.82, 2.24) is 4.90 Å². The molecule has 0 radical (unpaired) electrons. The Hall–Kier alpha value is -1.90. The van der Waals surface area contributed by atoms with Gasteiger partial charge in [0.1, 0.15) is 6.54 Å². The van der Waals surface area contributed by atoms with E-state index >= 15 is 0 Å². The molecule has 0 saturated carbocycles. The van der Waals surface area contributed by atoms with Crippen LogP contribution in [-0.4, -0.2) is 52.7 Å². The Morgan fingerprint density at radius 2 is 1.96 bits per heavy atom. The van der Waals surface area contributed by atoms with E-state index in [-0.39, 0.29) is 24.8 Å². The summed E-state index contributed by atoms with van der Waals surface area (Å²) >= 11 is 0. The predicted octanol–water partition coefficient (Wildman–Crippen LogP) is 1.20. The Kier molecular flexibility index (Phi) is 7.90. The Morgan fingerprint density at radius 3 is 2.54 bits per heavy atom. The minimum absolute atomic E-state index is 0. The van der Waals surface area contributed by atoms with E-state index in [1.165, 1.54) is 0 Å². The Bertz CT molecular complexity index is 552. The standard InChI is InChI=1S/C15H22N4O4.ClH/c16-14(13-7-3-1-4-8-13)17-23-12-15(20,19(21)22)11-18-9-5-2-6-10-18;/h1,3-4,7-8,20H,2,5-6,9-12H2,(H2,16,17);1H. The molecule has 1 aromatic carbocycles. The maximum Gasteiger partial charge on any atom is 0.371 e. The van der Waals surface area contributed by atoms with Crippen molar-refractivity contribution >= 4 is 18.2 Å². The number of aliphatic hydroxyl groups is 1. The number of amidine groups is 1. The molecule has 1 aliphatic heterocycles. The van der Waals surface area contributed by atoms with Gasteiger partial charge in [0.15, 0.2) is 5.84 Å². The molecule has 0 aliphatic carbocycles. The number of nitrogens with zero attached hydrogens (tertiary/aromatic N) is 3. The first-order valence-corrected chi connectivity index (χ1v) is 7.61. The lowest BCUT2D eigenvalue weighted by Crippen LogP contribution is -2.53. The Balaban J connectivity index is 0.00000288. The highest BCUT2D eigenvalue weighted by Gasteiger charge is 2.44. The summed E-state index contributed by atoms with van der Waals surface area (Å²) in [6.45, 7) is 0.849. The maximum absolute atomic E-state index is 11.2. The fraction of sp³-hybridized carbons (Fsp3) is 0.533. The number of hydrogen-bond donors (Lipinski definition) is 2. The normalized spacial score (nSPS) is 18.3. The molecule has 0 amide bonds. The van der Waals surface area contributed by atoms with Gasteiger partial charge < -0.3 is 15.7 Å². The van der Waals surface area contributed by atoms with E-state index in [0.29, 0.717) is 5.56 Å². The van der Waals surface area contributed by atoms with Crippen molar-refractivity contribution in [3.63, 3.8) is 0 Å². The van der Waals surface area contributed by atoms with E-state index in [2.05, 4.69) is 5.16 Å². The molecule has 1 aliphatic rings. The molecule has 1 heterocycles. The van der Waals surface area contributed by atoms with Crippen molar-refractivity contribution in [2.45, 2.75) is 25.0 Å². The summed E-state index contributed by atoms with van der Waals surface area (Å²) in [5, 5.41) is 25.1. The predicted molar refractivity (Wildman–Crippen MR) is 92.6 cm³/mol. The van der Waals surface area contributed by atoms with Crippen LogP contribution in [-0.2, 0) is 4.84 Å². The van der Waals surface area contributed by atoms with Gasteiger partial charge in [-0.15, -0.1) is 12.4 Å². The van der Waals surface area contributed by atoms with Crippen LogP contribution in [0.2, 0.25) is 0 Å². The SMILES string of the molecule is Cl.NC(=NOCC(O)(CN1CCCCC1)[N+](=O)[O-])c1ccccc1. The van der Waals surface area contributed by atoms with E-state index in [1.807, 2.05) is 11.0 Å². The van der Waals surface area contributed by atoms with Crippen LogP contribution in [0.4, 0.5) is 0 Å². The molecular weight excluding hydrogens is 336 g/mol. The average Bonchev–Trinajstić information content (AvgIpc) is 2.56. The third-order valence-corrected chi connectivity index (χ3v) is 3.79. The minimum Gasteiger partial charge on any atom is -0.383 e. The lowest BCUT2D eigenvalue weighted by molar-refractivity contribution is -0.629. The summed E-state index contributed by atoms with van der Waals surface area (Å²) in [4.78, 5) is 17.3. The third-order valence-electron chi connectivity index (χ3n) is 3.79. The summed E-state index contributed by atoms with van der Waals surface area (Å²) in [6, 6.07) is 8.91. The zero-order valence-electron chi connectivity index (χ0n) is 13.3. The molecule has 3 N–H and O–H groups in total. The molecule has 1 atom stereocenters. The number of benzene rings is 1. The number of likely N-dealkylation sites (tertiary alicyclic amines) is 1. The number of hydrogen-bond acceptors (Lipinski definition) is 6. The Labute approximate surface area is 146 Å². The van der Waals surface area contributed by atoms with Gasteiger partial charge in [-0.05, 0) is 25.9 Å². The quantitative estimate of drug-likeness (QED) is 0.249. The molecule has 24 heavy (non-hydrogen) atoms. The number of nitrogens with two attached hydrogens (primary N) is 1. The molecule has 1 saturated heterocycles. The topological polar surface area (TPSA) is 114 Å². The molecule has 8 nitrogen and oxygen atoms in total. The van der Waals surface area contributed by atoms with E-state index in [4.69, 9.17) is 10.6 Å². The van der Waals surface area contributed by atoms with E-state index in [9.17, 15) is 15.2 Å². The van der Waals surface area contributed by atoms with Crippen LogP contribution in [0.5, 0.6) is 0 Å². The van der Waals surface area contributed by atoms with Crippen molar-refractivity contribution < 1.29 is 14.9 Å². The van der Waals surface area contributed by atoms with Gasteiger partial charge in [-0.1, -0.05) is 41.9 Å². The third kappa shape index (κ3) is 5.63. The number of piperidine rings is 1. The molecular formula is C15H23ClN4O4. The Morgan fingerprint density at radius 1 is 1.33 bits per heavy atom. The maximum atomic E-state index is 11.2. The number of rotatable bonds is 7. The molecule has 0 spiro atoms. The summed E-state index contributed by atoms with van der Waals surface area (Å²) in [7, 11) is 0. The fourth-order valence-electron chi connectivity index (χ4n) is 2.50. The zero-order valence-corrected chi connectivity index (χ0v) is 14.2. The first-order chi connectivity index (χ1) is 11.0. The van der Waals surface area contributed by atoms with Crippen LogP contribution in [0.1, 0.15) is 24.8 Å². The fourth-order valence-corrected chi connectivity index (χ4v) is 2.50. The summed E-state index contributed by atoms with van der Waals surface area (Å²) in [5.74, 6) is 0.106. The van der Waals surface area contributed by atoms with Crippen molar-refractivity contribution in [2.75, 3.05) is 26.2 Å². The highest BCUT2D eigenvalue weighted by Crippen LogP contribution is 2.15. The molecule has 1 fully saturated rings. The molecule has 2 rings (SSSR count). The second-order valence-corrected chi connectivity index (χ2v) is 5.69. The van der Waals surface area contributed by atoms with Gasteiger partial charge in [0.05, 0.1) is 4.92 Å². The molecule has 0 aromatic heterocycles. The first kappa shape index (κ1) is 20.1. The monoisotopic (exact) mass is 358 g/mol. The van der Waals surface area contributed by atoms with Crippen LogP contribution in [0.15, 0.2) is 35.5 Å². The van der Waals surface area contributed by atoms with Crippen molar-refractivity contribution in [1.29, 1.82) is 0 Å². The zero-order chi connectivity index (χ0) is 16.7. The first-order valence-electron chi connectivity index (χ1n) is 7.61. The van der Waals surface area contributed by atoms with Crippen LogP contribution < -0.4 is 5.73 Å². The van der Waals surface area contributed by atoms with Gasteiger partial charge in [0.2, 0.25) is 6.61 Å². The van der Waals surface area contributed by atoms with Gasteiger partial charge >= 0.3 is 5.72 Å². The van der Waals surface area contributed by atoms with E-state index in [0.717, 1.165) is 32.4 Å². The number of halogens is 1. The highest BCUT2D eigenvalue weighted by atomic mass is 35.5. The van der Waals surface area contributed by atoms with Crippen LogP contribution in [0, 0.1) is 10.1 Å². The lowest BCUT2D eigenvalue weighted by atomic mass is 10.1. The second-order valence-electron chi connectivity index (χ2n) is 5.69. The summed E-state index contributed by atoms with van der Waals surface area (Å²) in [6.07, 6.45) is 3.07. The minimum atomic E-state index is -2.20. The van der Waals surface area contributed by atoms with Gasteiger partial charge in [0.25, 0.3) is 0 Å². The van der Waals surface area contributed by atoms with Crippen LogP contribution in [0.25, 0.3) is 0 Å². The largest absolute Gasteiger partial charge is 0.383 e. The smallest absolute Gasteiger partial charge is 0.371 e. The lowest BCUT2D eigenvalue weighted by Gasteiger charge is -2.30. The number of nitro groups is 1. The van der Waals surface area contributed by atoms with Gasteiger partial charge in [0, 0.05) is 5.56 Å². The van der Waals surface area contributed by atoms with Crippen molar-refractivity contribution in [2.24, 2.45) is 10.9 Å². The van der Waals surface area contributed by atoms with E-state index in [1.54, 1.807) is 24.3 Å². The van der Waals surface area contributed by atoms with Crippen LogP contribution >= 0.6 is 12.4 Å². The van der Waals surface area contributed by atoms with Gasteiger partial charge in [-0.25, -0.2) is 0 Å². The average molecular weight is 359 g/mol. The van der Waals surface area contributed by atoms with Gasteiger partial charge in [-0.2, -0.15) is 0 Å². The van der Waals surface area contributed by atoms with Crippen molar-refractivity contribution in [3.8, 4) is 0 Å². The second kappa shape index (κ2) is 9.41. The van der Waals surface area contributed by atoms with Gasteiger partial charge in [-0.3, -0.25) is 15.0 Å². The number of β-amino-alcohol motifs (C(OH)–C–C–N with tert-alkyl or cyclic N) is 1. The molecule has 9 heteroatoms. The molecule has 1 aromatic rings. The molecule has 0 bridgehead atoms. The number of oxime groups is 1. The van der Waals surface area contributed by atoms with E-state index < -0.39 is 17.3 Å².